The SMILES string of the molecule is CCc1cc(CC)c(NC(=O)[C@@H]2C[C@H](NS(=O)(=O)c3ccc(C)cc3)CN2)c(CC)c1. The highest BCUT2D eigenvalue weighted by atomic mass is 32.2. The maximum atomic E-state index is 13.0. The van der Waals surface area contributed by atoms with Crippen LogP contribution in [0.15, 0.2) is 41.3 Å². The van der Waals surface area contributed by atoms with Gasteiger partial charge in [0.15, 0.2) is 0 Å². The van der Waals surface area contributed by atoms with Crippen molar-refractivity contribution in [2.24, 2.45) is 0 Å². The number of hydrogen-bond donors (Lipinski definition) is 3. The van der Waals surface area contributed by atoms with Gasteiger partial charge in [-0.1, -0.05) is 50.6 Å². The van der Waals surface area contributed by atoms with Gasteiger partial charge in [0.2, 0.25) is 15.9 Å². The zero-order valence-corrected chi connectivity index (χ0v) is 19.6. The van der Waals surface area contributed by atoms with Gasteiger partial charge in [0.1, 0.15) is 0 Å². The zero-order chi connectivity index (χ0) is 22.6. The molecule has 7 heteroatoms. The van der Waals surface area contributed by atoms with E-state index in [1.807, 2.05) is 6.92 Å². The third-order valence-electron chi connectivity index (χ3n) is 5.88. The Balaban J connectivity index is 1.68. The molecule has 2 atom stereocenters. The van der Waals surface area contributed by atoms with Gasteiger partial charge in [-0.25, -0.2) is 13.1 Å². The van der Waals surface area contributed by atoms with Crippen LogP contribution >= 0.6 is 0 Å². The van der Waals surface area contributed by atoms with Crippen molar-refractivity contribution in [2.75, 3.05) is 11.9 Å². The molecule has 1 heterocycles. The summed E-state index contributed by atoms with van der Waals surface area (Å²) >= 11 is 0. The molecule has 0 bridgehead atoms. The summed E-state index contributed by atoms with van der Waals surface area (Å²) in [5, 5.41) is 6.29. The minimum absolute atomic E-state index is 0.120. The number of aryl methyl sites for hydroxylation is 4. The van der Waals surface area contributed by atoms with Crippen molar-refractivity contribution in [1.29, 1.82) is 0 Å². The Morgan fingerprint density at radius 2 is 1.65 bits per heavy atom. The standard InChI is InChI=1S/C24H33N3O3S/c1-5-17-12-18(6-2)23(19(7-3)13-17)26-24(28)22-14-20(15-25-22)27-31(29,30)21-10-8-16(4)9-11-21/h8-13,20,22,25,27H,5-7,14-15H2,1-4H3,(H,26,28)/t20-,22-/m0/s1. The van der Waals surface area contributed by atoms with Gasteiger partial charge >= 0.3 is 0 Å². The molecule has 1 fully saturated rings. The molecule has 3 N–H and O–H groups in total. The molecule has 2 aromatic rings. The minimum atomic E-state index is -3.62. The van der Waals surface area contributed by atoms with Crippen LogP contribution in [0.5, 0.6) is 0 Å². The summed E-state index contributed by atoms with van der Waals surface area (Å²) < 4.78 is 28.0. The maximum absolute atomic E-state index is 13.0. The fraction of sp³-hybridized carbons (Fsp3) is 0.458. The Morgan fingerprint density at radius 3 is 2.19 bits per heavy atom. The summed E-state index contributed by atoms with van der Waals surface area (Å²) in [4.78, 5) is 13.2. The first-order chi connectivity index (χ1) is 14.8. The molecule has 1 saturated heterocycles. The van der Waals surface area contributed by atoms with Gasteiger partial charge < -0.3 is 10.6 Å². The van der Waals surface area contributed by atoms with Gasteiger partial charge in [-0.15, -0.1) is 0 Å². The second-order valence-corrected chi connectivity index (χ2v) is 9.88. The van der Waals surface area contributed by atoms with Crippen LogP contribution < -0.4 is 15.4 Å². The van der Waals surface area contributed by atoms with Crippen molar-refractivity contribution in [3.63, 3.8) is 0 Å². The van der Waals surface area contributed by atoms with Crippen molar-refractivity contribution in [3.8, 4) is 0 Å². The topological polar surface area (TPSA) is 87.3 Å². The normalized spacial score (nSPS) is 18.8. The van der Waals surface area contributed by atoms with Gasteiger partial charge in [0, 0.05) is 18.3 Å². The van der Waals surface area contributed by atoms with Crippen molar-refractivity contribution in [3.05, 3.63) is 58.7 Å². The zero-order valence-electron chi connectivity index (χ0n) is 18.8. The molecule has 0 aromatic heterocycles. The Hall–Kier alpha value is -2.22. The Morgan fingerprint density at radius 1 is 1.03 bits per heavy atom. The van der Waals surface area contributed by atoms with Gasteiger partial charge in [-0.2, -0.15) is 0 Å². The highest BCUT2D eigenvalue weighted by molar-refractivity contribution is 7.89. The van der Waals surface area contributed by atoms with Crippen molar-refractivity contribution < 1.29 is 13.2 Å². The fourth-order valence-corrected chi connectivity index (χ4v) is 5.25. The molecule has 0 radical (unpaired) electrons. The van der Waals surface area contributed by atoms with E-state index in [9.17, 15) is 13.2 Å². The summed E-state index contributed by atoms with van der Waals surface area (Å²) in [6.45, 7) is 8.64. The molecule has 0 unspecified atom stereocenters. The molecule has 1 aliphatic heterocycles. The molecule has 31 heavy (non-hydrogen) atoms. The summed E-state index contributed by atoms with van der Waals surface area (Å²) in [6, 6.07) is 10.3. The van der Waals surface area contributed by atoms with E-state index in [0.29, 0.717) is 13.0 Å². The molecule has 0 aliphatic carbocycles. The number of carbonyl (C=O) groups is 1. The highest BCUT2D eigenvalue weighted by Crippen LogP contribution is 2.26. The van der Waals surface area contributed by atoms with Gasteiger partial charge in [0.25, 0.3) is 0 Å². The lowest BCUT2D eigenvalue weighted by molar-refractivity contribution is -0.117. The van der Waals surface area contributed by atoms with Crippen LogP contribution in [-0.4, -0.2) is 33.0 Å². The average Bonchev–Trinajstić information content (AvgIpc) is 3.21. The Labute approximate surface area is 185 Å². The number of hydrogen-bond acceptors (Lipinski definition) is 4. The van der Waals surface area contributed by atoms with Gasteiger partial charge in [-0.3, -0.25) is 4.79 Å². The number of anilines is 1. The van der Waals surface area contributed by atoms with Crippen LogP contribution in [0.25, 0.3) is 0 Å². The molecular weight excluding hydrogens is 410 g/mol. The van der Waals surface area contributed by atoms with E-state index in [-0.39, 0.29) is 16.8 Å². The van der Waals surface area contributed by atoms with Crippen molar-refractivity contribution in [2.45, 2.75) is 70.4 Å². The molecule has 2 aromatic carbocycles. The number of carbonyl (C=O) groups excluding carboxylic acids is 1. The second-order valence-electron chi connectivity index (χ2n) is 8.17. The first-order valence-electron chi connectivity index (χ1n) is 11.0. The lowest BCUT2D eigenvalue weighted by Gasteiger charge is -2.19. The molecule has 1 aliphatic rings. The fourth-order valence-electron chi connectivity index (χ4n) is 4.00. The number of rotatable bonds is 8. The third-order valence-corrected chi connectivity index (χ3v) is 7.42. The van der Waals surface area contributed by atoms with E-state index in [2.05, 4.69) is 48.3 Å². The molecule has 3 rings (SSSR count). The van der Waals surface area contributed by atoms with E-state index in [4.69, 9.17) is 0 Å². The van der Waals surface area contributed by atoms with Crippen LogP contribution in [0.1, 0.15) is 49.4 Å². The van der Waals surface area contributed by atoms with E-state index >= 15 is 0 Å². The lowest BCUT2D eigenvalue weighted by atomic mass is 9.97. The summed E-state index contributed by atoms with van der Waals surface area (Å²) in [7, 11) is -3.62. The molecular formula is C24H33N3O3S. The predicted octanol–water partition coefficient (Wildman–Crippen LogP) is 3.33. The van der Waals surface area contributed by atoms with Gasteiger partial charge in [-0.05, 0) is 61.4 Å². The largest absolute Gasteiger partial charge is 0.324 e. The van der Waals surface area contributed by atoms with Crippen LogP contribution in [0.2, 0.25) is 0 Å². The quantitative estimate of drug-likeness (QED) is 0.584. The van der Waals surface area contributed by atoms with Crippen molar-refractivity contribution >= 4 is 21.6 Å². The average molecular weight is 444 g/mol. The summed E-state index contributed by atoms with van der Waals surface area (Å²) in [5.41, 5.74) is 5.45. The number of benzene rings is 2. The number of sulfonamides is 1. The monoisotopic (exact) mass is 443 g/mol. The second kappa shape index (κ2) is 9.94. The minimum Gasteiger partial charge on any atom is -0.324 e. The Kier molecular flexibility index (Phi) is 7.51. The van der Waals surface area contributed by atoms with Crippen LogP contribution in [0.4, 0.5) is 5.69 Å². The van der Waals surface area contributed by atoms with E-state index in [1.165, 1.54) is 5.56 Å². The van der Waals surface area contributed by atoms with Gasteiger partial charge in [0.05, 0.1) is 10.9 Å². The van der Waals surface area contributed by atoms with Crippen LogP contribution in [-0.2, 0) is 34.1 Å². The van der Waals surface area contributed by atoms with E-state index in [1.54, 1.807) is 24.3 Å². The first kappa shape index (κ1) is 23.4. The number of amides is 1. The third kappa shape index (κ3) is 5.53. The van der Waals surface area contributed by atoms with Crippen LogP contribution in [0, 0.1) is 6.92 Å². The highest BCUT2D eigenvalue weighted by Gasteiger charge is 2.32. The first-order valence-corrected chi connectivity index (χ1v) is 12.5. The predicted molar refractivity (Wildman–Crippen MR) is 125 cm³/mol. The molecule has 0 spiro atoms. The lowest BCUT2D eigenvalue weighted by Crippen LogP contribution is -2.36. The van der Waals surface area contributed by atoms with Crippen LogP contribution in [0.3, 0.4) is 0 Å². The summed E-state index contributed by atoms with van der Waals surface area (Å²) in [6.07, 6.45) is 3.05. The van der Waals surface area contributed by atoms with E-state index in [0.717, 1.165) is 41.6 Å². The Bertz CT molecular complexity index is 1010. The molecule has 0 saturated carbocycles. The molecule has 1 amide bonds. The maximum Gasteiger partial charge on any atom is 0.241 e. The smallest absolute Gasteiger partial charge is 0.241 e. The number of nitrogens with one attached hydrogen (secondary N) is 3. The molecule has 168 valence electrons. The van der Waals surface area contributed by atoms with Crippen molar-refractivity contribution in [1.82, 2.24) is 10.0 Å². The molecule has 6 nitrogen and oxygen atoms in total. The van der Waals surface area contributed by atoms with E-state index < -0.39 is 16.1 Å². The summed E-state index contributed by atoms with van der Waals surface area (Å²) in [5.74, 6) is -0.120.